The largest absolute Gasteiger partial charge is 0.508 e. The van der Waals surface area contributed by atoms with Crippen LogP contribution in [0.15, 0.2) is 121 Å². The number of phenolic OH excluding ortho intramolecular Hbond substituents is 1. The quantitative estimate of drug-likeness (QED) is 0.0389. The maximum atomic E-state index is 12.8. The summed E-state index contributed by atoms with van der Waals surface area (Å²) in [6.45, 7) is 1.24. The normalized spacial score (nSPS) is 17.1. The van der Waals surface area contributed by atoms with Crippen LogP contribution in [0.4, 0.5) is 11.4 Å². The Bertz CT molecular complexity index is 2090. The smallest absolute Gasteiger partial charge is 0.224 e. The van der Waals surface area contributed by atoms with E-state index in [9.17, 15) is 24.9 Å². The van der Waals surface area contributed by atoms with Crippen molar-refractivity contribution in [3.63, 3.8) is 0 Å². The molecule has 0 aliphatic carbocycles. The zero-order valence-electron chi connectivity index (χ0n) is 32.9. The lowest BCUT2D eigenvalue weighted by molar-refractivity contribution is -0.252. The molecule has 0 radical (unpaired) electrons. The molecule has 2 amide bonds. The number of aliphatic hydroxyl groups excluding tert-OH is 2. The van der Waals surface area contributed by atoms with E-state index in [1.807, 2.05) is 96.9 Å². The summed E-state index contributed by atoms with van der Waals surface area (Å²) >= 11 is 0. The van der Waals surface area contributed by atoms with Crippen LogP contribution >= 0.6 is 0 Å². The lowest BCUT2D eigenvalue weighted by atomic mass is 9.97. The zero-order valence-corrected chi connectivity index (χ0v) is 32.9. The van der Waals surface area contributed by atoms with E-state index in [1.165, 1.54) is 0 Å². The number of likely N-dealkylation sites (N-methyl/N-ethyl adjacent to an activating group) is 1. The Morgan fingerprint density at radius 2 is 1.53 bits per heavy atom. The van der Waals surface area contributed by atoms with Crippen LogP contribution in [-0.2, 0) is 32.2 Å². The highest BCUT2D eigenvalue weighted by Crippen LogP contribution is 2.39. The Kier molecular flexibility index (Phi) is 15.0. The van der Waals surface area contributed by atoms with Gasteiger partial charge in [-0.2, -0.15) is 0 Å². The van der Waals surface area contributed by atoms with Gasteiger partial charge in [-0.25, -0.2) is 0 Å². The molecule has 4 atom stereocenters. The van der Waals surface area contributed by atoms with Gasteiger partial charge in [0, 0.05) is 44.5 Å². The number of unbranched alkanes of at least 4 members (excludes halogenated alkanes) is 2. The molecule has 304 valence electrons. The van der Waals surface area contributed by atoms with Gasteiger partial charge in [-0.05, 0) is 77.5 Å². The SMILES string of the molecule is CN(C[C@@H]1C[C@H](c2ccc(CO)cc2)O[C@H](c2ccc(-c3ccccc3CNC(=O)CCCCCC(=O)Nc3ccccc3N)cc2)O1)C[C@@H](O)c1cccc(O)c1. The van der Waals surface area contributed by atoms with Crippen LogP contribution in [0.1, 0.15) is 84.8 Å². The van der Waals surface area contributed by atoms with Crippen molar-refractivity contribution in [2.75, 3.05) is 31.2 Å². The number of ether oxygens (including phenoxy) is 2. The van der Waals surface area contributed by atoms with Crippen molar-refractivity contribution in [2.24, 2.45) is 0 Å². The van der Waals surface area contributed by atoms with Crippen molar-refractivity contribution in [3.05, 3.63) is 149 Å². The van der Waals surface area contributed by atoms with E-state index in [4.69, 9.17) is 15.2 Å². The molecule has 1 aliphatic heterocycles. The molecule has 1 saturated heterocycles. The number of nitrogens with one attached hydrogen (secondary N) is 2. The van der Waals surface area contributed by atoms with Crippen LogP contribution in [0.5, 0.6) is 5.75 Å². The molecule has 58 heavy (non-hydrogen) atoms. The van der Waals surface area contributed by atoms with Crippen molar-refractivity contribution >= 4 is 23.2 Å². The first-order valence-corrected chi connectivity index (χ1v) is 19.9. The number of phenols is 1. The lowest BCUT2D eigenvalue weighted by Gasteiger charge is -2.38. The number of hydrogen-bond donors (Lipinski definition) is 6. The molecule has 5 aromatic carbocycles. The highest BCUT2D eigenvalue weighted by molar-refractivity contribution is 5.93. The summed E-state index contributed by atoms with van der Waals surface area (Å²) in [6.07, 6.45) is 1.58. The number of rotatable bonds is 18. The van der Waals surface area contributed by atoms with E-state index in [2.05, 4.69) is 10.6 Å². The number of nitrogens with zero attached hydrogens (tertiary/aromatic N) is 1. The summed E-state index contributed by atoms with van der Waals surface area (Å²) in [5.74, 6) is -0.0133. The number of aromatic hydroxyl groups is 1. The first-order valence-electron chi connectivity index (χ1n) is 19.9. The number of para-hydroxylation sites is 2. The number of carbonyl (C=O) groups is 2. The van der Waals surface area contributed by atoms with Crippen LogP contribution in [0.25, 0.3) is 11.1 Å². The molecule has 0 spiro atoms. The fraction of sp³-hybridized carbons (Fsp3) is 0.319. The van der Waals surface area contributed by atoms with E-state index in [0.29, 0.717) is 68.7 Å². The van der Waals surface area contributed by atoms with Crippen molar-refractivity contribution in [2.45, 2.75) is 76.3 Å². The van der Waals surface area contributed by atoms with Gasteiger partial charge < -0.3 is 46.1 Å². The summed E-state index contributed by atoms with van der Waals surface area (Å²) in [5, 5.41) is 36.3. The highest BCUT2D eigenvalue weighted by Gasteiger charge is 2.33. The Morgan fingerprint density at radius 1 is 0.828 bits per heavy atom. The van der Waals surface area contributed by atoms with Gasteiger partial charge in [-0.1, -0.05) is 103 Å². The molecule has 1 heterocycles. The van der Waals surface area contributed by atoms with Crippen LogP contribution in [0, 0.1) is 0 Å². The van der Waals surface area contributed by atoms with Gasteiger partial charge in [-0.3, -0.25) is 9.59 Å². The fourth-order valence-corrected chi connectivity index (χ4v) is 7.22. The minimum atomic E-state index is -0.781. The average molecular weight is 787 g/mol. The van der Waals surface area contributed by atoms with Gasteiger partial charge in [0.1, 0.15) is 5.75 Å². The van der Waals surface area contributed by atoms with Gasteiger partial charge in [0.05, 0.1) is 36.3 Å². The maximum Gasteiger partial charge on any atom is 0.224 e. The minimum absolute atomic E-state index is 0.0344. The molecule has 6 rings (SSSR count). The molecule has 11 heteroatoms. The summed E-state index contributed by atoms with van der Waals surface area (Å²) in [6, 6.07) is 37.7. The summed E-state index contributed by atoms with van der Waals surface area (Å²) in [5.41, 5.74) is 13.4. The number of anilines is 2. The molecule has 1 fully saturated rings. The van der Waals surface area contributed by atoms with Gasteiger partial charge in [0.15, 0.2) is 6.29 Å². The number of hydrogen-bond acceptors (Lipinski definition) is 9. The summed E-state index contributed by atoms with van der Waals surface area (Å²) in [4.78, 5) is 27.1. The summed E-state index contributed by atoms with van der Waals surface area (Å²) in [7, 11) is 1.94. The van der Waals surface area contributed by atoms with E-state index >= 15 is 0 Å². The second-order valence-electron chi connectivity index (χ2n) is 14.9. The van der Waals surface area contributed by atoms with Crippen LogP contribution in [-0.4, -0.2) is 58.3 Å². The van der Waals surface area contributed by atoms with Crippen molar-refractivity contribution < 1.29 is 34.4 Å². The molecule has 11 nitrogen and oxygen atoms in total. The third-order valence-corrected chi connectivity index (χ3v) is 10.4. The summed E-state index contributed by atoms with van der Waals surface area (Å²) < 4.78 is 13.1. The highest BCUT2D eigenvalue weighted by atomic mass is 16.7. The van der Waals surface area contributed by atoms with Crippen LogP contribution in [0.2, 0.25) is 0 Å². The molecule has 5 aromatic rings. The molecular weight excluding hydrogens is 733 g/mol. The third kappa shape index (κ3) is 12.0. The van der Waals surface area contributed by atoms with Gasteiger partial charge in [0.2, 0.25) is 11.8 Å². The molecule has 1 aliphatic rings. The second kappa shape index (κ2) is 20.7. The molecule has 0 unspecified atom stereocenters. The standard InChI is InChI=1S/C47H54N4O7/c1-51(30-43(54)36-11-9-12-38(53)26-36)29-39-27-44(34-20-18-32(31-52)19-21-34)58-47(57-39)35-24-22-33(23-25-35)40-13-6-5-10-37(40)28-49-45(55)16-3-2-4-17-46(56)50-42-15-8-7-14-41(42)48/h5-15,18-26,39,43-44,47,52-54H,2-4,16-17,27-31,48H2,1H3,(H,49,55)(H,50,56)/t39-,43+,44+,47+/m0/s1. The second-order valence-corrected chi connectivity index (χ2v) is 14.9. The van der Waals surface area contributed by atoms with Crippen LogP contribution in [0.3, 0.4) is 0 Å². The average Bonchev–Trinajstić information content (AvgIpc) is 3.23. The van der Waals surface area contributed by atoms with E-state index < -0.39 is 12.4 Å². The molecule has 0 saturated carbocycles. The zero-order chi connectivity index (χ0) is 40.9. The van der Waals surface area contributed by atoms with Gasteiger partial charge >= 0.3 is 0 Å². The first kappa shape index (κ1) is 42.1. The third-order valence-electron chi connectivity index (χ3n) is 10.4. The Balaban J connectivity index is 1.04. The molecular formula is C47H54N4O7. The number of benzene rings is 5. The fourth-order valence-electron chi connectivity index (χ4n) is 7.22. The monoisotopic (exact) mass is 786 g/mol. The number of nitrogen functional groups attached to an aromatic ring is 1. The van der Waals surface area contributed by atoms with Crippen molar-refractivity contribution in [3.8, 4) is 16.9 Å². The Labute approximate surface area is 340 Å². The first-order chi connectivity index (χ1) is 28.1. The Morgan fingerprint density at radius 3 is 2.28 bits per heavy atom. The minimum Gasteiger partial charge on any atom is -0.508 e. The van der Waals surface area contributed by atoms with E-state index in [1.54, 1.807) is 36.4 Å². The van der Waals surface area contributed by atoms with E-state index in [0.717, 1.165) is 39.8 Å². The number of nitrogens with two attached hydrogens (primary N) is 1. The lowest BCUT2D eigenvalue weighted by Crippen LogP contribution is -2.39. The number of aliphatic hydroxyl groups is 2. The van der Waals surface area contributed by atoms with Gasteiger partial charge in [0.25, 0.3) is 0 Å². The topological polar surface area (TPSA) is 167 Å². The van der Waals surface area contributed by atoms with E-state index in [-0.39, 0.29) is 36.4 Å². The maximum absolute atomic E-state index is 12.8. The molecule has 0 aromatic heterocycles. The Hall–Kier alpha value is -5.56. The number of amides is 2. The molecule has 0 bridgehead atoms. The van der Waals surface area contributed by atoms with Crippen molar-refractivity contribution in [1.29, 1.82) is 0 Å². The van der Waals surface area contributed by atoms with Crippen LogP contribution < -0.4 is 16.4 Å². The predicted molar refractivity (Wildman–Crippen MR) is 225 cm³/mol. The number of carbonyl (C=O) groups excluding carboxylic acids is 2. The van der Waals surface area contributed by atoms with Gasteiger partial charge in [-0.15, -0.1) is 0 Å². The molecule has 7 N–H and O–H groups in total. The predicted octanol–water partition coefficient (Wildman–Crippen LogP) is 7.55. The van der Waals surface area contributed by atoms with Crippen molar-refractivity contribution in [1.82, 2.24) is 10.2 Å².